The van der Waals surface area contributed by atoms with Gasteiger partial charge in [-0.3, -0.25) is 4.90 Å². The number of methoxy groups -OCH3 is 2. The zero-order valence-corrected chi connectivity index (χ0v) is 13.0. The summed E-state index contributed by atoms with van der Waals surface area (Å²) in [7, 11) is 3.48. The molecule has 5 nitrogen and oxygen atoms in total. The molecule has 1 heterocycles. The summed E-state index contributed by atoms with van der Waals surface area (Å²) >= 11 is 1.72. The Labute approximate surface area is 119 Å². The highest BCUT2D eigenvalue weighted by atomic mass is 32.1. The van der Waals surface area contributed by atoms with Crippen molar-refractivity contribution in [2.45, 2.75) is 19.9 Å². The van der Waals surface area contributed by atoms with Crippen LogP contribution in [0, 0.1) is 0 Å². The Morgan fingerprint density at radius 1 is 1.26 bits per heavy atom. The van der Waals surface area contributed by atoms with Gasteiger partial charge < -0.3 is 14.8 Å². The molecule has 0 radical (unpaired) electrons. The predicted molar refractivity (Wildman–Crippen MR) is 79.9 cm³/mol. The van der Waals surface area contributed by atoms with Gasteiger partial charge in [0, 0.05) is 58.1 Å². The van der Waals surface area contributed by atoms with Crippen LogP contribution < -0.4 is 5.32 Å². The number of rotatable bonds is 11. The Morgan fingerprint density at radius 3 is 2.74 bits per heavy atom. The number of anilines is 1. The molecule has 110 valence electrons. The van der Waals surface area contributed by atoms with Gasteiger partial charge in [-0.1, -0.05) is 0 Å². The van der Waals surface area contributed by atoms with Gasteiger partial charge in [-0.2, -0.15) is 0 Å². The van der Waals surface area contributed by atoms with Crippen LogP contribution in [0.25, 0.3) is 0 Å². The van der Waals surface area contributed by atoms with Crippen LogP contribution in [-0.2, 0) is 16.0 Å². The fourth-order valence-corrected chi connectivity index (χ4v) is 2.68. The maximum absolute atomic E-state index is 5.16. The van der Waals surface area contributed by atoms with Crippen molar-refractivity contribution < 1.29 is 9.47 Å². The normalized spacial score (nSPS) is 11.2. The van der Waals surface area contributed by atoms with E-state index in [1.807, 2.05) is 6.20 Å². The third kappa shape index (κ3) is 6.87. The van der Waals surface area contributed by atoms with Gasteiger partial charge in [0.25, 0.3) is 0 Å². The van der Waals surface area contributed by atoms with Crippen molar-refractivity contribution in [1.82, 2.24) is 9.88 Å². The topological polar surface area (TPSA) is 46.6 Å². The fraction of sp³-hybridized carbons (Fsp3) is 0.769. The molecule has 0 saturated heterocycles. The standard InChI is InChI=1S/C13H25N3O2S/c1-4-14-13-15-10-12(19-13)11-16(7-9-18-3)6-5-8-17-2/h10H,4-9,11H2,1-3H3,(H,14,15). The molecule has 0 aliphatic carbocycles. The first-order valence-corrected chi connectivity index (χ1v) is 7.50. The molecule has 0 aliphatic heterocycles. The number of hydrogen-bond donors (Lipinski definition) is 1. The zero-order valence-electron chi connectivity index (χ0n) is 12.1. The average Bonchev–Trinajstić information content (AvgIpc) is 2.84. The van der Waals surface area contributed by atoms with Crippen LogP contribution in [0.3, 0.4) is 0 Å². The van der Waals surface area contributed by atoms with Crippen molar-refractivity contribution in [3.63, 3.8) is 0 Å². The Bertz CT molecular complexity index is 333. The molecule has 0 bridgehead atoms. The summed E-state index contributed by atoms with van der Waals surface area (Å²) in [5.74, 6) is 0. The lowest BCUT2D eigenvalue weighted by molar-refractivity contribution is 0.130. The van der Waals surface area contributed by atoms with Gasteiger partial charge in [-0.15, -0.1) is 11.3 Å². The first-order chi connectivity index (χ1) is 9.30. The highest BCUT2D eigenvalue weighted by molar-refractivity contribution is 7.15. The lowest BCUT2D eigenvalue weighted by Crippen LogP contribution is -2.28. The second-order valence-corrected chi connectivity index (χ2v) is 5.39. The first-order valence-electron chi connectivity index (χ1n) is 6.69. The van der Waals surface area contributed by atoms with Crippen LogP contribution in [0.5, 0.6) is 0 Å². The quantitative estimate of drug-likeness (QED) is 0.631. The molecule has 1 aromatic heterocycles. The molecule has 0 spiro atoms. The minimum absolute atomic E-state index is 0.756. The van der Waals surface area contributed by atoms with Crippen LogP contribution in [0.1, 0.15) is 18.2 Å². The molecule has 0 saturated carbocycles. The van der Waals surface area contributed by atoms with Gasteiger partial charge in [-0.05, 0) is 13.3 Å². The Balaban J connectivity index is 2.43. The van der Waals surface area contributed by atoms with Gasteiger partial charge in [0.05, 0.1) is 6.61 Å². The molecule has 19 heavy (non-hydrogen) atoms. The number of nitrogens with one attached hydrogen (secondary N) is 1. The number of ether oxygens (including phenoxy) is 2. The Hall–Kier alpha value is -0.690. The largest absolute Gasteiger partial charge is 0.385 e. The van der Waals surface area contributed by atoms with Crippen LogP contribution in [0.15, 0.2) is 6.20 Å². The third-order valence-electron chi connectivity index (χ3n) is 2.70. The van der Waals surface area contributed by atoms with Crippen molar-refractivity contribution in [1.29, 1.82) is 0 Å². The predicted octanol–water partition coefficient (Wildman–Crippen LogP) is 2.06. The van der Waals surface area contributed by atoms with E-state index in [1.54, 1.807) is 25.6 Å². The van der Waals surface area contributed by atoms with E-state index in [0.29, 0.717) is 0 Å². The smallest absolute Gasteiger partial charge is 0.182 e. The van der Waals surface area contributed by atoms with Gasteiger partial charge >= 0.3 is 0 Å². The van der Waals surface area contributed by atoms with E-state index in [4.69, 9.17) is 9.47 Å². The van der Waals surface area contributed by atoms with Gasteiger partial charge in [0.1, 0.15) is 0 Å². The Kier molecular flexibility index (Phi) is 8.73. The first kappa shape index (κ1) is 16.4. The highest BCUT2D eigenvalue weighted by Gasteiger charge is 2.08. The van der Waals surface area contributed by atoms with E-state index >= 15 is 0 Å². The van der Waals surface area contributed by atoms with E-state index in [1.165, 1.54) is 4.88 Å². The summed E-state index contributed by atoms with van der Waals surface area (Å²) in [5, 5.41) is 4.24. The highest BCUT2D eigenvalue weighted by Crippen LogP contribution is 2.19. The molecule has 1 aromatic rings. The fourth-order valence-electron chi connectivity index (χ4n) is 1.76. The van der Waals surface area contributed by atoms with Gasteiger partial charge in [-0.25, -0.2) is 4.98 Å². The van der Waals surface area contributed by atoms with Crippen molar-refractivity contribution in [3.8, 4) is 0 Å². The summed E-state index contributed by atoms with van der Waals surface area (Å²) in [4.78, 5) is 8.02. The van der Waals surface area contributed by atoms with Crippen LogP contribution >= 0.6 is 11.3 Å². The van der Waals surface area contributed by atoms with Crippen molar-refractivity contribution >= 4 is 16.5 Å². The minimum Gasteiger partial charge on any atom is -0.385 e. The minimum atomic E-state index is 0.756. The number of nitrogens with zero attached hydrogens (tertiary/aromatic N) is 2. The van der Waals surface area contributed by atoms with Crippen LogP contribution in [0.2, 0.25) is 0 Å². The molecule has 0 fully saturated rings. The van der Waals surface area contributed by atoms with Gasteiger partial charge in [0.15, 0.2) is 5.13 Å². The molecule has 0 aliphatic rings. The summed E-state index contributed by atoms with van der Waals surface area (Å²) in [5.41, 5.74) is 0. The molecule has 0 aromatic carbocycles. The van der Waals surface area contributed by atoms with E-state index < -0.39 is 0 Å². The van der Waals surface area contributed by atoms with Crippen molar-refractivity contribution in [2.75, 3.05) is 52.4 Å². The summed E-state index contributed by atoms with van der Waals surface area (Å²) in [6, 6.07) is 0. The maximum atomic E-state index is 5.16. The second kappa shape index (κ2) is 10.1. The average molecular weight is 287 g/mol. The zero-order chi connectivity index (χ0) is 13.9. The summed E-state index contributed by atoms with van der Waals surface area (Å²) in [6.45, 7) is 7.43. The lowest BCUT2D eigenvalue weighted by atomic mass is 10.3. The Morgan fingerprint density at radius 2 is 2.05 bits per heavy atom. The number of aromatic nitrogens is 1. The van der Waals surface area contributed by atoms with E-state index in [2.05, 4.69) is 22.1 Å². The second-order valence-electron chi connectivity index (χ2n) is 4.28. The van der Waals surface area contributed by atoms with Crippen molar-refractivity contribution in [2.24, 2.45) is 0 Å². The monoisotopic (exact) mass is 287 g/mol. The molecule has 1 N–H and O–H groups in total. The molecule has 0 amide bonds. The molecule has 6 heteroatoms. The number of thiazole rings is 1. The molecule has 0 atom stereocenters. The number of hydrogen-bond acceptors (Lipinski definition) is 6. The summed E-state index contributed by atoms with van der Waals surface area (Å²) in [6.07, 6.45) is 3.00. The van der Waals surface area contributed by atoms with Crippen molar-refractivity contribution in [3.05, 3.63) is 11.1 Å². The SMILES string of the molecule is CCNc1ncc(CN(CCCOC)CCOC)s1. The molecule has 0 unspecified atom stereocenters. The van der Waals surface area contributed by atoms with E-state index in [9.17, 15) is 0 Å². The molecular formula is C13H25N3O2S. The molecule has 1 rings (SSSR count). The molecular weight excluding hydrogens is 262 g/mol. The summed E-state index contributed by atoms with van der Waals surface area (Å²) < 4.78 is 10.3. The van der Waals surface area contributed by atoms with Gasteiger partial charge in [0.2, 0.25) is 0 Å². The third-order valence-corrected chi connectivity index (χ3v) is 3.64. The van der Waals surface area contributed by atoms with Crippen LogP contribution in [-0.4, -0.2) is 57.0 Å². The van der Waals surface area contributed by atoms with E-state index in [-0.39, 0.29) is 0 Å². The van der Waals surface area contributed by atoms with Crippen LogP contribution in [0.4, 0.5) is 5.13 Å². The maximum Gasteiger partial charge on any atom is 0.182 e. The van der Waals surface area contributed by atoms with E-state index in [0.717, 1.165) is 50.9 Å². The lowest BCUT2D eigenvalue weighted by Gasteiger charge is -2.20.